The quantitative estimate of drug-likeness (QED) is 0.0561. The first-order valence-electron chi connectivity index (χ1n) is 26.1. The first-order chi connectivity index (χ1) is 35.1. The molecule has 1 aromatic carbocycles. The van der Waals surface area contributed by atoms with Gasteiger partial charge in [-0.25, -0.2) is 0 Å². The van der Waals surface area contributed by atoms with E-state index < -0.39 is 146 Å². The molecule has 3 saturated heterocycles. The molecule has 3 fully saturated rings. The molecular formula is C52H81N7O15. The zero-order valence-corrected chi connectivity index (χ0v) is 43.1. The van der Waals surface area contributed by atoms with Gasteiger partial charge in [-0.1, -0.05) is 82.4 Å². The van der Waals surface area contributed by atoms with Gasteiger partial charge < -0.3 is 77.2 Å². The van der Waals surface area contributed by atoms with Crippen LogP contribution in [-0.4, -0.2) is 184 Å². The summed E-state index contributed by atoms with van der Waals surface area (Å²) in [7, 11) is 0. The van der Waals surface area contributed by atoms with Crippen molar-refractivity contribution in [2.24, 2.45) is 5.92 Å². The van der Waals surface area contributed by atoms with E-state index in [1.165, 1.54) is 50.5 Å². The van der Waals surface area contributed by atoms with Crippen molar-refractivity contribution in [1.82, 2.24) is 36.4 Å². The van der Waals surface area contributed by atoms with Gasteiger partial charge in [0.15, 0.2) is 6.23 Å². The molecule has 414 valence electrons. The molecule has 0 radical (unpaired) electrons. The van der Waals surface area contributed by atoms with Crippen LogP contribution in [-0.2, 0) is 40.0 Å². The van der Waals surface area contributed by atoms with E-state index in [1.54, 1.807) is 0 Å². The third kappa shape index (κ3) is 18.1. The van der Waals surface area contributed by atoms with Gasteiger partial charge in [0.25, 0.3) is 0 Å². The number of nitrogens with zero attached hydrogens (tertiary/aromatic N) is 2. The number of aliphatic hydroxyl groups excluding tert-OH is 7. The molecule has 3 aliphatic rings. The second-order valence-corrected chi connectivity index (χ2v) is 20.0. The summed E-state index contributed by atoms with van der Waals surface area (Å²) in [6.07, 6.45) is 5.11. The number of hydrogen-bond donors (Lipinski definition) is 13. The van der Waals surface area contributed by atoms with Gasteiger partial charge in [-0.2, -0.15) is 0 Å². The number of hydrogen-bond acceptors (Lipinski definition) is 15. The maximum atomic E-state index is 14.3. The van der Waals surface area contributed by atoms with Gasteiger partial charge in [0.05, 0.1) is 30.5 Å². The summed E-state index contributed by atoms with van der Waals surface area (Å²) in [5, 5.41) is 99.5. The fraction of sp³-hybridized carbons (Fsp3) is 0.673. The smallest absolute Gasteiger partial charge is 0.248 e. The van der Waals surface area contributed by atoms with Crippen molar-refractivity contribution in [2.45, 2.75) is 203 Å². The number of unbranched alkanes of at least 4 members (excludes halogenated alkanes) is 8. The van der Waals surface area contributed by atoms with Crippen LogP contribution in [0.2, 0.25) is 0 Å². The van der Waals surface area contributed by atoms with E-state index in [0.29, 0.717) is 18.4 Å². The van der Waals surface area contributed by atoms with Crippen molar-refractivity contribution in [3.63, 3.8) is 0 Å². The summed E-state index contributed by atoms with van der Waals surface area (Å²) in [4.78, 5) is 100. The molecule has 14 atom stereocenters. The topological polar surface area (TPSA) is 348 Å². The number of aliphatic hydroxyl groups is 7. The van der Waals surface area contributed by atoms with Gasteiger partial charge in [0.1, 0.15) is 48.1 Å². The number of amides is 7. The van der Waals surface area contributed by atoms with Gasteiger partial charge in [-0.15, -0.1) is 0 Å². The molecule has 0 bridgehead atoms. The second kappa shape index (κ2) is 30.2. The van der Waals surface area contributed by atoms with Crippen LogP contribution < -0.4 is 26.6 Å². The summed E-state index contributed by atoms with van der Waals surface area (Å²) >= 11 is 0. The molecule has 13 N–H and O–H groups in total. The zero-order valence-electron chi connectivity index (χ0n) is 43.1. The molecule has 1 aromatic rings. The van der Waals surface area contributed by atoms with E-state index in [9.17, 15) is 74.4 Å². The average Bonchev–Trinajstić information content (AvgIpc) is 3.89. The van der Waals surface area contributed by atoms with E-state index in [1.807, 2.05) is 0 Å². The van der Waals surface area contributed by atoms with Crippen LogP contribution in [0, 0.1) is 5.92 Å². The number of fused-ring (bicyclic) bond motifs is 2. The van der Waals surface area contributed by atoms with Crippen molar-refractivity contribution in [3.8, 4) is 5.75 Å². The van der Waals surface area contributed by atoms with Gasteiger partial charge in [0.2, 0.25) is 41.4 Å². The third-order valence-corrected chi connectivity index (χ3v) is 13.7. The molecule has 0 saturated carbocycles. The molecule has 3 heterocycles. The summed E-state index contributed by atoms with van der Waals surface area (Å²) in [6.45, 7) is 5.17. The molecule has 4 rings (SSSR count). The zero-order chi connectivity index (χ0) is 54.6. The highest BCUT2D eigenvalue weighted by Gasteiger charge is 2.50. The fourth-order valence-corrected chi connectivity index (χ4v) is 9.36. The number of aromatic hydroxyl groups is 1. The number of phenolic OH excluding ortho intramolecular Hbond substituents is 1. The van der Waals surface area contributed by atoms with E-state index in [0.717, 1.165) is 62.2 Å². The number of phenols is 1. The Morgan fingerprint density at radius 2 is 1.26 bits per heavy atom. The Morgan fingerprint density at radius 3 is 1.88 bits per heavy atom. The van der Waals surface area contributed by atoms with Crippen LogP contribution in [0.1, 0.15) is 123 Å². The van der Waals surface area contributed by atoms with Crippen LogP contribution in [0.15, 0.2) is 48.6 Å². The summed E-state index contributed by atoms with van der Waals surface area (Å²) in [5.74, 6) is -8.35. The monoisotopic (exact) mass is 1040 g/mol. The number of benzene rings is 1. The van der Waals surface area contributed by atoms with Crippen LogP contribution in [0.25, 0.3) is 0 Å². The standard InChI is InChI=1S/C52H81N7O15/c1-5-6-7-8-9-10-11-12-13-14-15-16-17-18-19-20-40(66)53-36-27-39(65)48(70)57-50(72)44-45(67)30(2)28-59(44)52(74)42(32(4)61)55-49(71)43(38(64)25-33-21-23-34(62)24-22-33)56-47(69)37-26-35(63)29-58(37)51(73)41(31(3)60)54-46(36)68/h9-10,12-13,21-24,30-32,35-39,41-45,48,60-65,67,70H,5-8,11,14-20,25-29H2,1-4H3,(H,53,66)(H,54,68)(H,55,71)(H,56,69)(H,57,72)/b10-9-,13-12-/t30-,31+,32+,35+,36-,37-,38+,39+,41-,42-,43-,44?,45-,48+/m0/s1. The predicted octanol–water partition coefficient (Wildman–Crippen LogP) is -0.821. The van der Waals surface area contributed by atoms with E-state index in [4.69, 9.17) is 0 Å². The lowest BCUT2D eigenvalue weighted by Gasteiger charge is -2.33. The van der Waals surface area contributed by atoms with Crippen molar-refractivity contribution in [2.75, 3.05) is 13.1 Å². The Kier molecular flexibility index (Phi) is 24.9. The van der Waals surface area contributed by atoms with Crippen molar-refractivity contribution < 1.29 is 74.4 Å². The molecule has 1 unspecified atom stereocenters. The minimum atomic E-state index is -2.20. The van der Waals surface area contributed by atoms with Gasteiger partial charge in [-0.05, 0) is 70.1 Å². The Hall–Kier alpha value is -5.49. The van der Waals surface area contributed by atoms with Gasteiger partial charge in [0, 0.05) is 44.7 Å². The summed E-state index contributed by atoms with van der Waals surface area (Å²) in [6, 6.07) is -5.28. The average molecular weight is 1040 g/mol. The van der Waals surface area contributed by atoms with Crippen molar-refractivity contribution >= 4 is 41.4 Å². The normalized spacial score (nSPS) is 29.2. The minimum absolute atomic E-state index is 0.0536. The maximum Gasteiger partial charge on any atom is 0.248 e. The molecule has 0 spiro atoms. The predicted molar refractivity (Wildman–Crippen MR) is 270 cm³/mol. The second-order valence-electron chi connectivity index (χ2n) is 20.0. The lowest BCUT2D eigenvalue weighted by Crippen LogP contribution is -2.64. The van der Waals surface area contributed by atoms with Crippen LogP contribution in [0.3, 0.4) is 0 Å². The number of allylic oxidation sites excluding steroid dienone is 4. The highest BCUT2D eigenvalue weighted by atomic mass is 16.3. The Bertz CT molecular complexity index is 2070. The molecule has 3 aliphatic heterocycles. The number of rotatable bonds is 20. The molecule has 22 nitrogen and oxygen atoms in total. The molecular weight excluding hydrogens is 963 g/mol. The largest absolute Gasteiger partial charge is 0.508 e. The highest BCUT2D eigenvalue weighted by Crippen LogP contribution is 2.27. The van der Waals surface area contributed by atoms with Crippen LogP contribution >= 0.6 is 0 Å². The lowest BCUT2D eigenvalue weighted by molar-refractivity contribution is -0.148. The fourth-order valence-electron chi connectivity index (χ4n) is 9.36. The van der Waals surface area contributed by atoms with Gasteiger partial charge >= 0.3 is 0 Å². The number of carbonyl (C=O) groups excluding carboxylic acids is 7. The minimum Gasteiger partial charge on any atom is -0.508 e. The summed E-state index contributed by atoms with van der Waals surface area (Å²) < 4.78 is 0. The van der Waals surface area contributed by atoms with E-state index in [-0.39, 0.29) is 25.1 Å². The van der Waals surface area contributed by atoms with E-state index >= 15 is 0 Å². The highest BCUT2D eigenvalue weighted by molar-refractivity contribution is 5.98. The first kappa shape index (κ1) is 61.1. The molecule has 7 amide bonds. The van der Waals surface area contributed by atoms with Crippen molar-refractivity contribution in [1.29, 1.82) is 0 Å². The van der Waals surface area contributed by atoms with Crippen LogP contribution in [0.5, 0.6) is 5.75 Å². The maximum absolute atomic E-state index is 14.3. The van der Waals surface area contributed by atoms with E-state index in [2.05, 4.69) is 57.8 Å². The third-order valence-electron chi connectivity index (χ3n) is 13.7. The van der Waals surface area contributed by atoms with Crippen LogP contribution in [0.4, 0.5) is 0 Å². The molecule has 22 heteroatoms. The Balaban J connectivity index is 1.60. The molecule has 0 aromatic heterocycles. The molecule has 74 heavy (non-hydrogen) atoms. The first-order valence-corrected chi connectivity index (χ1v) is 26.1. The Labute approximate surface area is 433 Å². The SMILES string of the molecule is CCCCC/C=C\C/C=C\CCCCCCCC(=O)N[C@H]1C[C@@H](O)[C@@H](O)NC(=O)C2[C@@H](O)[C@@H](C)CN2C(=O)[C@H]([C@@H](C)O)NC(=O)[C@H]([C@H](O)Cc2ccc(O)cc2)NC(=O)[C@@H]2C[C@@H](O)CN2C(=O)[C@H]([C@@H](C)O)NC1=O. The Morgan fingerprint density at radius 1 is 0.689 bits per heavy atom. The van der Waals surface area contributed by atoms with Crippen molar-refractivity contribution in [3.05, 3.63) is 54.1 Å². The van der Waals surface area contributed by atoms with Gasteiger partial charge in [-0.3, -0.25) is 33.6 Å². The summed E-state index contributed by atoms with van der Waals surface area (Å²) in [5.41, 5.74) is 0.378. The lowest BCUT2D eigenvalue weighted by atomic mass is 9.99. The molecule has 0 aliphatic carbocycles. The number of carbonyl (C=O) groups is 7. The number of nitrogens with one attached hydrogen (secondary N) is 5.